The second kappa shape index (κ2) is 4.00. The third-order valence-electron chi connectivity index (χ3n) is 1.81. The van der Waals surface area contributed by atoms with Crippen molar-refractivity contribution in [3.8, 4) is 0 Å². The van der Waals surface area contributed by atoms with Gasteiger partial charge in [-0.1, -0.05) is 15.9 Å². The van der Waals surface area contributed by atoms with E-state index in [0.717, 1.165) is 0 Å². The number of halogens is 3. The molecular weight excluding hydrogens is 242 g/mol. The Morgan fingerprint density at radius 2 is 2.23 bits per heavy atom. The van der Waals surface area contributed by atoms with Gasteiger partial charge in [-0.3, -0.25) is 0 Å². The number of anilines is 1. The van der Waals surface area contributed by atoms with Gasteiger partial charge in [0.25, 0.3) is 6.43 Å². The molecule has 0 aliphatic heterocycles. The number of pyridine rings is 1. The molecule has 2 nitrogen and oxygen atoms in total. The number of nitrogen functional groups attached to an aromatic ring is 1. The molecule has 2 N–H and O–H groups in total. The fraction of sp³-hybridized carbons (Fsp3) is 0.375. The molecule has 0 saturated heterocycles. The van der Waals surface area contributed by atoms with E-state index >= 15 is 0 Å². The van der Waals surface area contributed by atoms with Crippen molar-refractivity contribution in [2.45, 2.75) is 18.7 Å². The molecule has 0 fully saturated rings. The second-order valence-electron chi connectivity index (χ2n) is 2.65. The number of hydrogen-bond acceptors (Lipinski definition) is 2. The Hall–Kier alpha value is -0.710. The highest BCUT2D eigenvalue weighted by Crippen LogP contribution is 2.30. The van der Waals surface area contributed by atoms with E-state index in [1.54, 1.807) is 6.92 Å². The van der Waals surface area contributed by atoms with Crippen LogP contribution in [-0.4, -0.2) is 4.98 Å². The van der Waals surface area contributed by atoms with E-state index < -0.39 is 6.43 Å². The zero-order valence-electron chi connectivity index (χ0n) is 7.02. The number of aromatic nitrogens is 1. The average molecular weight is 251 g/mol. The lowest BCUT2D eigenvalue weighted by atomic mass is 10.1. The molecule has 5 heteroatoms. The van der Waals surface area contributed by atoms with Crippen LogP contribution < -0.4 is 5.73 Å². The average Bonchev–Trinajstić information content (AvgIpc) is 2.07. The summed E-state index contributed by atoms with van der Waals surface area (Å²) in [5, 5.41) is 0.299. The van der Waals surface area contributed by atoms with Crippen molar-refractivity contribution in [2.75, 3.05) is 5.73 Å². The maximum Gasteiger partial charge on any atom is 0.264 e. The number of alkyl halides is 3. The molecule has 0 spiro atoms. The van der Waals surface area contributed by atoms with Crippen molar-refractivity contribution >= 4 is 21.7 Å². The lowest BCUT2D eigenvalue weighted by molar-refractivity contribution is 0.149. The molecule has 0 aromatic carbocycles. The van der Waals surface area contributed by atoms with Gasteiger partial charge in [0.15, 0.2) is 0 Å². The summed E-state index contributed by atoms with van der Waals surface area (Å²) in [4.78, 5) is 3.81. The van der Waals surface area contributed by atoms with Crippen molar-refractivity contribution in [3.63, 3.8) is 0 Å². The van der Waals surface area contributed by atoms with Crippen molar-refractivity contribution in [2.24, 2.45) is 0 Å². The maximum atomic E-state index is 12.6. The monoisotopic (exact) mass is 250 g/mol. The molecule has 0 aliphatic rings. The lowest BCUT2D eigenvalue weighted by Gasteiger charge is -2.11. The molecule has 72 valence electrons. The molecule has 0 bridgehead atoms. The Bertz CT molecular complexity index is 315. The first-order valence-corrected chi connectivity index (χ1v) is 4.78. The lowest BCUT2D eigenvalue weighted by Crippen LogP contribution is -2.03. The van der Waals surface area contributed by atoms with Crippen molar-refractivity contribution in [3.05, 3.63) is 22.9 Å². The van der Waals surface area contributed by atoms with Crippen molar-refractivity contribution in [1.82, 2.24) is 4.98 Å². The summed E-state index contributed by atoms with van der Waals surface area (Å²) in [6.07, 6.45) is -1.14. The van der Waals surface area contributed by atoms with Crippen LogP contribution in [0, 0.1) is 6.92 Å². The summed E-state index contributed by atoms with van der Waals surface area (Å²) in [6, 6.07) is 0. The Kier molecular flexibility index (Phi) is 3.19. The molecule has 0 unspecified atom stereocenters. The predicted molar refractivity (Wildman–Crippen MR) is 51.0 cm³/mol. The van der Waals surface area contributed by atoms with E-state index in [2.05, 4.69) is 20.9 Å². The third-order valence-corrected chi connectivity index (χ3v) is 2.37. The molecule has 13 heavy (non-hydrogen) atoms. The Morgan fingerprint density at radius 3 is 2.62 bits per heavy atom. The number of aryl methyl sites for hydroxylation is 1. The Labute approximate surface area is 83.3 Å². The quantitative estimate of drug-likeness (QED) is 0.821. The fourth-order valence-corrected chi connectivity index (χ4v) is 1.72. The van der Waals surface area contributed by atoms with Crippen LogP contribution in [-0.2, 0) is 5.33 Å². The predicted octanol–water partition coefficient (Wildman–Crippen LogP) is 2.80. The minimum absolute atomic E-state index is 0.00984. The molecule has 1 rings (SSSR count). The van der Waals surface area contributed by atoms with Crippen LogP contribution in [0.2, 0.25) is 0 Å². The van der Waals surface area contributed by atoms with Gasteiger partial charge in [-0.2, -0.15) is 0 Å². The number of nitrogens with zero attached hydrogens (tertiary/aromatic N) is 1. The van der Waals surface area contributed by atoms with E-state index in [4.69, 9.17) is 5.73 Å². The van der Waals surface area contributed by atoms with Gasteiger partial charge in [0.1, 0.15) is 5.82 Å². The standard InChI is InChI=1S/C8H9BrF2N2/c1-4-3-13-8(12)5(2-9)6(4)7(10)11/h3,7H,2H2,1H3,(H2,12,13). The highest BCUT2D eigenvalue weighted by molar-refractivity contribution is 9.08. The molecule has 1 heterocycles. The van der Waals surface area contributed by atoms with Gasteiger partial charge in [-0.05, 0) is 12.5 Å². The van der Waals surface area contributed by atoms with Crippen molar-refractivity contribution in [1.29, 1.82) is 0 Å². The normalized spacial score (nSPS) is 10.8. The number of nitrogens with two attached hydrogens (primary N) is 1. The zero-order chi connectivity index (χ0) is 10.0. The Morgan fingerprint density at radius 1 is 1.62 bits per heavy atom. The first kappa shape index (κ1) is 10.4. The minimum Gasteiger partial charge on any atom is -0.383 e. The topological polar surface area (TPSA) is 38.9 Å². The number of hydrogen-bond donors (Lipinski definition) is 1. The van der Waals surface area contributed by atoms with Crippen molar-refractivity contribution < 1.29 is 8.78 Å². The van der Waals surface area contributed by atoms with Crippen LogP contribution >= 0.6 is 15.9 Å². The maximum absolute atomic E-state index is 12.6. The summed E-state index contributed by atoms with van der Waals surface area (Å²) in [5.41, 5.74) is 6.31. The van der Waals surface area contributed by atoms with Gasteiger partial charge >= 0.3 is 0 Å². The van der Waals surface area contributed by atoms with Gasteiger partial charge in [0, 0.05) is 22.7 Å². The van der Waals surface area contributed by atoms with Crippen LogP contribution in [0.25, 0.3) is 0 Å². The molecule has 1 aromatic rings. The first-order valence-electron chi connectivity index (χ1n) is 3.66. The van der Waals surface area contributed by atoms with Gasteiger partial charge in [-0.15, -0.1) is 0 Å². The summed E-state index contributed by atoms with van der Waals surface area (Å²) >= 11 is 3.11. The van der Waals surface area contributed by atoms with Crippen LogP contribution in [0.1, 0.15) is 23.1 Å². The highest BCUT2D eigenvalue weighted by atomic mass is 79.9. The van der Waals surface area contributed by atoms with Gasteiger partial charge < -0.3 is 5.73 Å². The van der Waals surface area contributed by atoms with Crippen LogP contribution in [0.4, 0.5) is 14.6 Å². The first-order chi connectivity index (χ1) is 6.07. The molecule has 0 atom stereocenters. The summed E-state index contributed by atoms with van der Waals surface area (Å²) in [5.74, 6) is 0.165. The fourth-order valence-electron chi connectivity index (χ4n) is 1.13. The summed E-state index contributed by atoms with van der Waals surface area (Å²) in [6.45, 7) is 1.60. The van der Waals surface area contributed by atoms with E-state index in [0.29, 0.717) is 16.5 Å². The molecule has 0 saturated carbocycles. The molecule has 0 amide bonds. The molecule has 0 radical (unpaired) electrons. The van der Waals surface area contributed by atoms with Gasteiger partial charge in [0.05, 0.1) is 0 Å². The molecule has 1 aromatic heterocycles. The highest BCUT2D eigenvalue weighted by Gasteiger charge is 2.17. The van der Waals surface area contributed by atoms with Gasteiger partial charge in [-0.25, -0.2) is 13.8 Å². The summed E-state index contributed by atoms with van der Waals surface area (Å²) in [7, 11) is 0. The van der Waals surface area contributed by atoms with Crippen LogP contribution in [0.15, 0.2) is 6.20 Å². The second-order valence-corrected chi connectivity index (χ2v) is 3.21. The third kappa shape index (κ3) is 1.96. The van der Waals surface area contributed by atoms with E-state index in [9.17, 15) is 8.78 Å². The van der Waals surface area contributed by atoms with E-state index in [-0.39, 0.29) is 11.4 Å². The van der Waals surface area contributed by atoms with Crippen LogP contribution in [0.5, 0.6) is 0 Å². The van der Waals surface area contributed by atoms with Gasteiger partial charge in [0.2, 0.25) is 0 Å². The van der Waals surface area contributed by atoms with E-state index in [1.807, 2.05) is 0 Å². The smallest absolute Gasteiger partial charge is 0.264 e. The molecular formula is C8H9BrF2N2. The SMILES string of the molecule is Cc1cnc(N)c(CBr)c1C(F)F. The largest absolute Gasteiger partial charge is 0.383 e. The zero-order valence-corrected chi connectivity index (χ0v) is 8.61. The van der Waals surface area contributed by atoms with E-state index in [1.165, 1.54) is 6.20 Å². The Balaban J connectivity index is 3.35. The number of rotatable bonds is 2. The summed E-state index contributed by atoms with van der Waals surface area (Å²) < 4.78 is 25.1. The minimum atomic E-state index is -2.50. The molecule has 0 aliphatic carbocycles. The van der Waals surface area contributed by atoms with Crippen LogP contribution in [0.3, 0.4) is 0 Å².